The predicted molar refractivity (Wildman–Crippen MR) is 72.7 cm³/mol. The molecule has 0 bridgehead atoms. The second-order valence-electron chi connectivity index (χ2n) is 4.84. The van der Waals surface area contributed by atoms with Crippen molar-refractivity contribution in [2.75, 3.05) is 14.2 Å². The molecule has 0 rings (SSSR count). The molecule has 0 amide bonds. The van der Waals surface area contributed by atoms with Gasteiger partial charge in [0.25, 0.3) is 0 Å². The zero-order valence-electron chi connectivity index (χ0n) is 12.7. The van der Waals surface area contributed by atoms with Crippen molar-refractivity contribution in [2.45, 2.75) is 76.8 Å². The van der Waals surface area contributed by atoms with Crippen LogP contribution in [-0.2, 0) is 9.47 Å². The number of hydrogen-bond donors (Lipinski definition) is 2. The Balaban J connectivity index is 5.22. The van der Waals surface area contributed by atoms with Gasteiger partial charge in [-0.2, -0.15) is 0 Å². The minimum atomic E-state index is -0.961. The van der Waals surface area contributed by atoms with Crippen molar-refractivity contribution in [2.24, 2.45) is 0 Å². The lowest BCUT2D eigenvalue weighted by molar-refractivity contribution is -0.205. The van der Waals surface area contributed by atoms with Crippen LogP contribution in [0.3, 0.4) is 0 Å². The molecular formula is C14H30O4. The second kappa shape index (κ2) is 7.43. The van der Waals surface area contributed by atoms with Crippen molar-refractivity contribution < 1.29 is 19.7 Å². The van der Waals surface area contributed by atoms with Gasteiger partial charge in [-0.05, 0) is 25.7 Å². The Morgan fingerprint density at radius 2 is 0.944 bits per heavy atom. The average Bonchev–Trinajstić information content (AvgIpc) is 2.43. The van der Waals surface area contributed by atoms with E-state index in [1.165, 1.54) is 0 Å². The first-order valence-electron chi connectivity index (χ1n) is 6.89. The minimum Gasteiger partial charge on any atom is -0.387 e. The highest BCUT2D eigenvalue weighted by Crippen LogP contribution is 2.34. The molecule has 0 heterocycles. The molecule has 0 unspecified atom stereocenters. The summed E-state index contributed by atoms with van der Waals surface area (Å²) in [6, 6.07) is 0. The molecule has 0 aromatic rings. The van der Waals surface area contributed by atoms with Crippen LogP contribution < -0.4 is 0 Å². The Morgan fingerprint density at radius 3 is 1.06 bits per heavy atom. The normalized spacial score (nSPS) is 16.7. The third kappa shape index (κ3) is 3.05. The van der Waals surface area contributed by atoms with Crippen molar-refractivity contribution >= 4 is 0 Å². The lowest BCUT2D eigenvalue weighted by Gasteiger charge is -2.44. The van der Waals surface area contributed by atoms with Gasteiger partial charge in [0.05, 0.1) is 11.2 Å². The average molecular weight is 262 g/mol. The molecule has 0 aliphatic carbocycles. The fourth-order valence-corrected chi connectivity index (χ4v) is 2.73. The van der Waals surface area contributed by atoms with Gasteiger partial charge >= 0.3 is 0 Å². The van der Waals surface area contributed by atoms with Crippen LogP contribution in [0.15, 0.2) is 0 Å². The summed E-state index contributed by atoms with van der Waals surface area (Å²) in [5.74, 6) is 0. The fraction of sp³-hybridized carbons (Fsp3) is 1.00. The molecule has 110 valence electrons. The molecule has 0 aromatic carbocycles. The molecule has 0 aliphatic heterocycles. The van der Waals surface area contributed by atoms with E-state index in [-0.39, 0.29) is 0 Å². The Kier molecular flexibility index (Phi) is 7.37. The minimum absolute atomic E-state index is 0.644. The van der Waals surface area contributed by atoms with Crippen molar-refractivity contribution in [3.05, 3.63) is 0 Å². The maximum atomic E-state index is 10.5. The second-order valence-corrected chi connectivity index (χ2v) is 4.84. The summed E-state index contributed by atoms with van der Waals surface area (Å²) in [5, 5.41) is 21.0. The van der Waals surface area contributed by atoms with Crippen LogP contribution in [0, 0.1) is 0 Å². The largest absolute Gasteiger partial charge is 0.387 e. The molecule has 18 heavy (non-hydrogen) atoms. The molecule has 0 saturated carbocycles. The quantitative estimate of drug-likeness (QED) is 0.668. The molecule has 0 radical (unpaired) electrons. The maximum absolute atomic E-state index is 10.5. The van der Waals surface area contributed by atoms with Gasteiger partial charge in [-0.25, -0.2) is 0 Å². The molecule has 0 saturated heterocycles. The standard InChI is InChI=1S/C14H30O4/c1-7-13(8-2,17-5)11(15)12(16)14(9-3,10-4)18-6/h11-12,15-16H,7-10H2,1-6H3/t11-,12-/m1/s1. The molecule has 0 fully saturated rings. The first-order valence-corrected chi connectivity index (χ1v) is 6.89. The number of hydrogen-bond acceptors (Lipinski definition) is 4. The predicted octanol–water partition coefficient (Wildman–Crippen LogP) is 2.12. The van der Waals surface area contributed by atoms with Gasteiger partial charge in [-0.15, -0.1) is 0 Å². The summed E-state index contributed by atoms with van der Waals surface area (Å²) in [6.45, 7) is 7.81. The SMILES string of the molecule is CCC(CC)(OC)[C@H](O)[C@@H](O)C(CC)(CC)OC. The summed E-state index contributed by atoms with van der Waals surface area (Å²) in [4.78, 5) is 0. The Bertz CT molecular complexity index is 181. The zero-order chi connectivity index (χ0) is 14.4. The van der Waals surface area contributed by atoms with E-state index in [0.717, 1.165) is 0 Å². The van der Waals surface area contributed by atoms with Gasteiger partial charge in [0, 0.05) is 14.2 Å². The molecule has 0 aromatic heterocycles. The summed E-state index contributed by atoms with van der Waals surface area (Å²) in [5.41, 5.74) is -1.43. The number of rotatable bonds is 9. The van der Waals surface area contributed by atoms with Crippen LogP contribution in [0.1, 0.15) is 53.4 Å². The van der Waals surface area contributed by atoms with E-state index in [1.807, 2.05) is 27.7 Å². The lowest BCUT2D eigenvalue weighted by Crippen LogP contribution is -2.58. The highest BCUT2D eigenvalue weighted by molar-refractivity contribution is 4.99. The summed E-state index contributed by atoms with van der Waals surface area (Å²) in [6.07, 6.45) is 0.656. The first-order chi connectivity index (χ1) is 8.43. The molecule has 4 nitrogen and oxygen atoms in total. The van der Waals surface area contributed by atoms with Gasteiger partial charge < -0.3 is 19.7 Å². The molecule has 0 aliphatic rings. The smallest absolute Gasteiger partial charge is 0.112 e. The summed E-state index contributed by atoms with van der Waals surface area (Å²) < 4.78 is 11.0. The summed E-state index contributed by atoms with van der Waals surface area (Å²) in [7, 11) is 3.16. The van der Waals surface area contributed by atoms with E-state index < -0.39 is 23.4 Å². The highest BCUT2D eigenvalue weighted by Gasteiger charge is 2.47. The molecule has 4 heteroatoms. The molecular weight excluding hydrogens is 232 g/mol. The van der Waals surface area contributed by atoms with Crippen molar-refractivity contribution in [1.29, 1.82) is 0 Å². The first kappa shape index (κ1) is 17.8. The maximum Gasteiger partial charge on any atom is 0.112 e. The van der Waals surface area contributed by atoms with E-state index in [4.69, 9.17) is 9.47 Å². The van der Waals surface area contributed by atoms with Gasteiger partial charge in [0.1, 0.15) is 12.2 Å². The van der Waals surface area contributed by atoms with E-state index in [2.05, 4.69) is 0 Å². The van der Waals surface area contributed by atoms with E-state index in [9.17, 15) is 10.2 Å². The molecule has 2 N–H and O–H groups in total. The van der Waals surface area contributed by atoms with E-state index in [1.54, 1.807) is 14.2 Å². The van der Waals surface area contributed by atoms with Crippen molar-refractivity contribution in [3.63, 3.8) is 0 Å². The van der Waals surface area contributed by atoms with Crippen LogP contribution in [0.5, 0.6) is 0 Å². The van der Waals surface area contributed by atoms with Gasteiger partial charge in [-0.1, -0.05) is 27.7 Å². The molecule has 2 atom stereocenters. The van der Waals surface area contributed by atoms with Crippen molar-refractivity contribution in [1.82, 2.24) is 0 Å². The number of aliphatic hydroxyl groups excluding tert-OH is 2. The van der Waals surface area contributed by atoms with E-state index in [0.29, 0.717) is 25.7 Å². The highest BCUT2D eigenvalue weighted by atomic mass is 16.5. The monoisotopic (exact) mass is 262 g/mol. The Labute approximate surface area is 111 Å². The summed E-state index contributed by atoms with van der Waals surface area (Å²) >= 11 is 0. The van der Waals surface area contributed by atoms with Gasteiger partial charge in [0.15, 0.2) is 0 Å². The third-order valence-electron chi connectivity index (χ3n) is 4.58. The Hall–Kier alpha value is -0.160. The number of ether oxygens (including phenoxy) is 2. The zero-order valence-corrected chi connectivity index (χ0v) is 12.7. The lowest BCUT2D eigenvalue weighted by atomic mass is 9.78. The van der Waals surface area contributed by atoms with Crippen LogP contribution in [0.4, 0.5) is 0 Å². The fourth-order valence-electron chi connectivity index (χ4n) is 2.73. The van der Waals surface area contributed by atoms with Crippen LogP contribution in [0.25, 0.3) is 0 Å². The Morgan fingerprint density at radius 1 is 0.722 bits per heavy atom. The van der Waals surface area contributed by atoms with Crippen LogP contribution in [-0.4, -0.2) is 47.8 Å². The molecule has 0 spiro atoms. The van der Waals surface area contributed by atoms with Gasteiger partial charge in [0.2, 0.25) is 0 Å². The van der Waals surface area contributed by atoms with E-state index >= 15 is 0 Å². The third-order valence-corrected chi connectivity index (χ3v) is 4.58. The number of methoxy groups -OCH3 is 2. The topological polar surface area (TPSA) is 58.9 Å². The van der Waals surface area contributed by atoms with Gasteiger partial charge in [-0.3, -0.25) is 0 Å². The number of aliphatic hydroxyl groups is 2. The van der Waals surface area contributed by atoms with Crippen molar-refractivity contribution in [3.8, 4) is 0 Å². The van der Waals surface area contributed by atoms with Crippen LogP contribution >= 0.6 is 0 Å². The van der Waals surface area contributed by atoms with Crippen LogP contribution in [0.2, 0.25) is 0 Å².